The molecular formula is C30H34ClN3O5. The van der Waals surface area contributed by atoms with Crippen molar-refractivity contribution >= 4 is 23.6 Å². The molecule has 1 fully saturated rings. The third kappa shape index (κ3) is 8.20. The van der Waals surface area contributed by atoms with Gasteiger partial charge in [0.2, 0.25) is 0 Å². The molecule has 39 heavy (non-hydrogen) atoms. The number of hydrogen-bond acceptors (Lipinski definition) is 6. The highest BCUT2D eigenvalue weighted by atomic mass is 35.5. The minimum Gasteiger partial charge on any atom is -0.497 e. The number of nitrogens with zero attached hydrogens (tertiary/aromatic N) is 2. The maximum absolute atomic E-state index is 12.7. The fourth-order valence-corrected chi connectivity index (χ4v) is 4.51. The van der Waals surface area contributed by atoms with Crippen molar-refractivity contribution < 1.29 is 23.8 Å². The SMILES string of the molecule is COC(=O)c1ccc(COC(CN2CCN(C(=O)NCc3ccc(OC)cc3)CC2)c2ccc(Cl)cc2)cc1. The van der Waals surface area contributed by atoms with Crippen LogP contribution in [-0.2, 0) is 22.6 Å². The van der Waals surface area contributed by atoms with Crippen LogP contribution in [0.3, 0.4) is 0 Å². The van der Waals surface area contributed by atoms with Crippen molar-refractivity contribution in [1.29, 1.82) is 0 Å². The number of carbonyl (C=O) groups is 2. The minimum absolute atomic E-state index is 0.0635. The van der Waals surface area contributed by atoms with Crippen LogP contribution >= 0.6 is 11.6 Å². The van der Waals surface area contributed by atoms with Gasteiger partial charge in [-0.05, 0) is 53.1 Å². The first-order chi connectivity index (χ1) is 18.9. The van der Waals surface area contributed by atoms with Crippen molar-refractivity contribution in [2.75, 3.05) is 46.9 Å². The molecule has 3 aromatic carbocycles. The van der Waals surface area contributed by atoms with Crippen molar-refractivity contribution in [3.8, 4) is 5.75 Å². The molecule has 206 valence electrons. The molecule has 1 aliphatic heterocycles. The van der Waals surface area contributed by atoms with Crippen LogP contribution in [0.5, 0.6) is 5.75 Å². The molecule has 0 aromatic heterocycles. The van der Waals surface area contributed by atoms with Crippen LogP contribution in [0.25, 0.3) is 0 Å². The molecule has 0 bridgehead atoms. The van der Waals surface area contributed by atoms with Crippen LogP contribution in [0.1, 0.15) is 33.2 Å². The smallest absolute Gasteiger partial charge is 0.337 e. The van der Waals surface area contributed by atoms with E-state index in [-0.39, 0.29) is 18.1 Å². The number of ether oxygens (including phenoxy) is 3. The van der Waals surface area contributed by atoms with Crippen LogP contribution in [0.15, 0.2) is 72.8 Å². The van der Waals surface area contributed by atoms with Gasteiger partial charge in [-0.15, -0.1) is 0 Å². The summed E-state index contributed by atoms with van der Waals surface area (Å²) in [5.74, 6) is 0.425. The Kier molecular flexibility index (Phi) is 10.2. The number of rotatable bonds is 10. The molecule has 9 heteroatoms. The van der Waals surface area contributed by atoms with Gasteiger partial charge >= 0.3 is 12.0 Å². The number of nitrogens with one attached hydrogen (secondary N) is 1. The fourth-order valence-electron chi connectivity index (χ4n) is 4.38. The molecule has 0 radical (unpaired) electrons. The van der Waals surface area contributed by atoms with E-state index in [2.05, 4.69) is 10.2 Å². The Morgan fingerprint density at radius 1 is 0.872 bits per heavy atom. The predicted molar refractivity (Wildman–Crippen MR) is 150 cm³/mol. The average Bonchev–Trinajstić information content (AvgIpc) is 2.99. The van der Waals surface area contributed by atoms with Crippen LogP contribution in [0.2, 0.25) is 5.02 Å². The molecule has 1 N–H and O–H groups in total. The summed E-state index contributed by atoms with van der Waals surface area (Å²) in [7, 11) is 3.00. The zero-order valence-electron chi connectivity index (χ0n) is 22.3. The molecule has 1 aliphatic rings. The summed E-state index contributed by atoms with van der Waals surface area (Å²) >= 11 is 6.12. The molecule has 4 rings (SSSR count). The number of hydrogen-bond donors (Lipinski definition) is 1. The Bertz CT molecular complexity index is 1210. The molecule has 0 saturated carbocycles. The monoisotopic (exact) mass is 551 g/mol. The summed E-state index contributed by atoms with van der Waals surface area (Å²) in [4.78, 5) is 28.6. The van der Waals surface area contributed by atoms with E-state index in [1.54, 1.807) is 19.2 Å². The Hall–Kier alpha value is -3.59. The number of halogens is 1. The van der Waals surface area contributed by atoms with Crippen LogP contribution in [0.4, 0.5) is 4.79 Å². The summed E-state index contributed by atoms with van der Waals surface area (Å²) < 4.78 is 16.3. The second-order valence-electron chi connectivity index (χ2n) is 9.33. The second kappa shape index (κ2) is 14.0. The van der Waals surface area contributed by atoms with E-state index in [1.165, 1.54) is 7.11 Å². The van der Waals surface area contributed by atoms with Gasteiger partial charge in [0, 0.05) is 44.3 Å². The zero-order valence-corrected chi connectivity index (χ0v) is 23.0. The first-order valence-corrected chi connectivity index (χ1v) is 13.3. The summed E-state index contributed by atoms with van der Waals surface area (Å²) in [6.45, 7) is 4.31. The number of benzene rings is 3. The summed E-state index contributed by atoms with van der Waals surface area (Å²) in [5.41, 5.74) is 3.51. The number of amides is 2. The van der Waals surface area contributed by atoms with E-state index in [0.717, 1.165) is 35.5 Å². The van der Waals surface area contributed by atoms with E-state index < -0.39 is 0 Å². The minimum atomic E-state index is -0.366. The van der Waals surface area contributed by atoms with Gasteiger partial charge in [-0.3, -0.25) is 4.90 Å². The van der Waals surface area contributed by atoms with Crippen LogP contribution in [0, 0.1) is 0 Å². The third-order valence-electron chi connectivity index (χ3n) is 6.75. The number of esters is 1. The van der Waals surface area contributed by atoms with Gasteiger partial charge in [-0.1, -0.05) is 48.0 Å². The van der Waals surface area contributed by atoms with Gasteiger partial charge in [-0.25, -0.2) is 9.59 Å². The number of piperazine rings is 1. The lowest BCUT2D eigenvalue weighted by molar-refractivity contribution is 0.00554. The summed E-state index contributed by atoms with van der Waals surface area (Å²) in [6, 6.07) is 22.5. The van der Waals surface area contributed by atoms with Crippen molar-refractivity contribution in [3.63, 3.8) is 0 Å². The van der Waals surface area contributed by atoms with E-state index in [1.807, 2.05) is 65.6 Å². The molecule has 1 unspecified atom stereocenters. The first kappa shape index (κ1) is 28.4. The normalized spacial score (nSPS) is 14.5. The van der Waals surface area contributed by atoms with Gasteiger partial charge in [0.25, 0.3) is 0 Å². The quantitative estimate of drug-likeness (QED) is 0.360. The summed E-state index contributed by atoms with van der Waals surface area (Å²) in [5, 5.41) is 3.68. The first-order valence-electron chi connectivity index (χ1n) is 12.9. The van der Waals surface area contributed by atoms with Crippen molar-refractivity contribution in [1.82, 2.24) is 15.1 Å². The highest BCUT2D eigenvalue weighted by Gasteiger charge is 2.24. The Morgan fingerprint density at radius 2 is 1.51 bits per heavy atom. The maximum atomic E-state index is 12.7. The Morgan fingerprint density at radius 3 is 2.13 bits per heavy atom. The van der Waals surface area contributed by atoms with E-state index in [0.29, 0.717) is 43.4 Å². The number of methoxy groups -OCH3 is 2. The lowest BCUT2D eigenvalue weighted by Gasteiger charge is -2.36. The molecule has 3 aromatic rings. The second-order valence-corrected chi connectivity index (χ2v) is 9.77. The number of urea groups is 1. The fraction of sp³-hybridized carbons (Fsp3) is 0.333. The van der Waals surface area contributed by atoms with Crippen molar-refractivity contribution in [2.45, 2.75) is 19.3 Å². The molecule has 0 spiro atoms. The highest BCUT2D eigenvalue weighted by molar-refractivity contribution is 6.30. The van der Waals surface area contributed by atoms with Crippen molar-refractivity contribution in [2.24, 2.45) is 0 Å². The van der Waals surface area contributed by atoms with Crippen LogP contribution in [-0.4, -0.2) is 68.7 Å². The molecule has 1 atom stereocenters. The third-order valence-corrected chi connectivity index (χ3v) is 7.01. The maximum Gasteiger partial charge on any atom is 0.337 e. The Balaban J connectivity index is 1.30. The largest absolute Gasteiger partial charge is 0.497 e. The predicted octanol–water partition coefficient (Wildman–Crippen LogP) is 4.92. The average molecular weight is 552 g/mol. The van der Waals surface area contributed by atoms with Crippen molar-refractivity contribution in [3.05, 3.63) is 100 Å². The van der Waals surface area contributed by atoms with Gasteiger partial charge < -0.3 is 24.4 Å². The zero-order chi connectivity index (χ0) is 27.6. The van der Waals surface area contributed by atoms with E-state index in [9.17, 15) is 9.59 Å². The molecular weight excluding hydrogens is 518 g/mol. The number of carbonyl (C=O) groups excluding carboxylic acids is 2. The highest BCUT2D eigenvalue weighted by Crippen LogP contribution is 2.24. The standard InChI is InChI=1S/C30H34ClN3O5/c1-37-27-13-5-22(6-14-27)19-32-30(36)34-17-15-33(16-18-34)20-28(24-9-11-26(31)12-10-24)39-21-23-3-7-25(8-4-23)29(35)38-2/h3-14,28H,15-21H2,1-2H3,(H,32,36). The lowest BCUT2D eigenvalue weighted by atomic mass is 10.1. The molecule has 2 amide bonds. The summed E-state index contributed by atoms with van der Waals surface area (Å²) in [6.07, 6.45) is -0.182. The van der Waals surface area contributed by atoms with Gasteiger partial charge in [0.05, 0.1) is 32.5 Å². The molecule has 1 saturated heterocycles. The molecule has 0 aliphatic carbocycles. The van der Waals surface area contributed by atoms with Crippen LogP contribution < -0.4 is 10.1 Å². The van der Waals surface area contributed by atoms with E-state index >= 15 is 0 Å². The van der Waals surface area contributed by atoms with Gasteiger partial charge in [0.1, 0.15) is 5.75 Å². The lowest BCUT2D eigenvalue weighted by Crippen LogP contribution is -2.52. The molecule has 1 heterocycles. The molecule has 8 nitrogen and oxygen atoms in total. The van der Waals surface area contributed by atoms with Gasteiger partial charge in [-0.2, -0.15) is 0 Å². The van der Waals surface area contributed by atoms with E-state index in [4.69, 9.17) is 25.8 Å². The Labute approximate surface area is 234 Å². The van der Waals surface area contributed by atoms with Gasteiger partial charge in [0.15, 0.2) is 0 Å². The topological polar surface area (TPSA) is 80.3 Å².